The van der Waals surface area contributed by atoms with Gasteiger partial charge in [-0.2, -0.15) is 0 Å². The van der Waals surface area contributed by atoms with Gasteiger partial charge in [-0.3, -0.25) is 0 Å². The highest BCUT2D eigenvalue weighted by atomic mass is 16.3. The minimum absolute atomic E-state index is 0.260. The molecular formula is C13H17N3O. The van der Waals surface area contributed by atoms with Gasteiger partial charge in [0.15, 0.2) is 11.4 Å². The van der Waals surface area contributed by atoms with Crippen LogP contribution >= 0.6 is 0 Å². The van der Waals surface area contributed by atoms with Crippen LogP contribution in [0.1, 0.15) is 30.1 Å². The van der Waals surface area contributed by atoms with Gasteiger partial charge in [0.2, 0.25) is 0 Å². The Hall–Kier alpha value is -1.55. The topological polar surface area (TPSA) is 49.6 Å². The van der Waals surface area contributed by atoms with E-state index in [4.69, 9.17) is 0 Å². The average molecular weight is 231 g/mol. The Morgan fingerprint density at radius 2 is 2.18 bits per heavy atom. The van der Waals surface area contributed by atoms with Gasteiger partial charge in [-0.25, -0.2) is 4.98 Å². The first-order chi connectivity index (χ1) is 8.27. The fourth-order valence-electron chi connectivity index (χ4n) is 2.67. The molecule has 1 fully saturated rings. The first-order valence-electron chi connectivity index (χ1n) is 6.14. The molecule has 0 aromatic carbocycles. The van der Waals surface area contributed by atoms with Gasteiger partial charge in [-0.15, -0.1) is 0 Å². The van der Waals surface area contributed by atoms with E-state index in [9.17, 15) is 5.11 Å². The molecule has 0 saturated carbocycles. The molecule has 90 valence electrons. The Morgan fingerprint density at radius 1 is 1.41 bits per heavy atom. The Morgan fingerprint density at radius 3 is 2.88 bits per heavy atom. The number of aryl methyl sites for hydroxylation is 1. The van der Waals surface area contributed by atoms with Crippen molar-refractivity contribution in [3.05, 3.63) is 29.7 Å². The molecule has 0 radical (unpaired) electrons. The van der Waals surface area contributed by atoms with Crippen LogP contribution in [-0.4, -0.2) is 27.6 Å². The molecule has 0 amide bonds. The maximum atomic E-state index is 9.81. The van der Waals surface area contributed by atoms with Crippen LogP contribution in [0.25, 0.3) is 5.65 Å². The summed E-state index contributed by atoms with van der Waals surface area (Å²) in [6, 6.07) is 3.54. The summed E-state index contributed by atoms with van der Waals surface area (Å²) in [4.78, 5) is 4.62. The molecule has 2 aromatic heterocycles. The van der Waals surface area contributed by atoms with Crippen LogP contribution in [-0.2, 0) is 0 Å². The number of hydrogen-bond acceptors (Lipinski definition) is 3. The fourth-order valence-corrected chi connectivity index (χ4v) is 2.67. The molecule has 0 unspecified atom stereocenters. The second kappa shape index (κ2) is 4.04. The van der Waals surface area contributed by atoms with Crippen molar-refractivity contribution in [1.82, 2.24) is 14.7 Å². The quantitative estimate of drug-likeness (QED) is 0.787. The first kappa shape index (κ1) is 10.6. The third-order valence-corrected chi connectivity index (χ3v) is 3.63. The van der Waals surface area contributed by atoms with E-state index in [1.807, 2.05) is 16.7 Å². The summed E-state index contributed by atoms with van der Waals surface area (Å²) in [6.07, 6.45) is 4.22. The van der Waals surface area contributed by atoms with Crippen molar-refractivity contribution in [2.45, 2.75) is 25.7 Å². The summed E-state index contributed by atoms with van der Waals surface area (Å²) in [5.74, 6) is 0.784. The van der Waals surface area contributed by atoms with Gasteiger partial charge in [0.1, 0.15) is 0 Å². The third kappa shape index (κ3) is 1.69. The molecule has 3 heterocycles. The molecule has 0 spiro atoms. The number of aromatic hydroxyl groups is 1. The summed E-state index contributed by atoms with van der Waals surface area (Å²) >= 11 is 0. The molecule has 1 saturated heterocycles. The molecule has 0 aliphatic carbocycles. The zero-order chi connectivity index (χ0) is 11.8. The van der Waals surface area contributed by atoms with Crippen LogP contribution < -0.4 is 5.32 Å². The standard InChI is InChI=1S/C13H17N3O/c1-9-12(10-4-6-14-7-5-10)15-13-11(17)3-2-8-16(9)13/h2-3,8,10,14,17H,4-7H2,1H3. The van der Waals surface area contributed by atoms with E-state index in [1.54, 1.807) is 6.07 Å². The van der Waals surface area contributed by atoms with Gasteiger partial charge < -0.3 is 14.8 Å². The molecule has 2 aromatic rings. The van der Waals surface area contributed by atoms with Gasteiger partial charge in [0, 0.05) is 17.8 Å². The van der Waals surface area contributed by atoms with Crippen molar-refractivity contribution in [2.75, 3.05) is 13.1 Å². The molecular weight excluding hydrogens is 214 g/mol. The van der Waals surface area contributed by atoms with Crippen molar-refractivity contribution >= 4 is 5.65 Å². The van der Waals surface area contributed by atoms with E-state index in [0.717, 1.165) is 37.3 Å². The average Bonchev–Trinajstić information content (AvgIpc) is 2.70. The molecule has 4 nitrogen and oxygen atoms in total. The zero-order valence-corrected chi connectivity index (χ0v) is 9.98. The van der Waals surface area contributed by atoms with Gasteiger partial charge in [0.25, 0.3) is 0 Å². The predicted molar refractivity (Wildman–Crippen MR) is 66.4 cm³/mol. The third-order valence-electron chi connectivity index (χ3n) is 3.63. The number of imidazole rings is 1. The number of nitrogens with one attached hydrogen (secondary N) is 1. The minimum Gasteiger partial charge on any atom is -0.504 e. The molecule has 17 heavy (non-hydrogen) atoms. The maximum Gasteiger partial charge on any atom is 0.179 e. The first-order valence-corrected chi connectivity index (χ1v) is 6.14. The van der Waals surface area contributed by atoms with E-state index >= 15 is 0 Å². The largest absolute Gasteiger partial charge is 0.504 e. The Balaban J connectivity index is 2.10. The van der Waals surface area contributed by atoms with Crippen molar-refractivity contribution in [3.63, 3.8) is 0 Å². The van der Waals surface area contributed by atoms with Gasteiger partial charge in [0.05, 0.1) is 5.69 Å². The highest BCUT2D eigenvalue weighted by Crippen LogP contribution is 2.29. The number of hydrogen-bond donors (Lipinski definition) is 2. The van der Waals surface area contributed by atoms with E-state index in [1.165, 1.54) is 0 Å². The molecule has 3 rings (SSSR count). The van der Waals surface area contributed by atoms with Crippen LogP contribution in [0.3, 0.4) is 0 Å². The zero-order valence-electron chi connectivity index (χ0n) is 9.98. The van der Waals surface area contributed by atoms with Crippen molar-refractivity contribution in [3.8, 4) is 5.75 Å². The SMILES string of the molecule is Cc1c(C2CCNCC2)nc2c(O)cccn12. The summed E-state index contributed by atoms with van der Waals surface area (Å²) in [5, 5.41) is 13.2. The Kier molecular flexibility index (Phi) is 2.52. The van der Waals surface area contributed by atoms with Crippen LogP contribution in [0.15, 0.2) is 18.3 Å². The predicted octanol–water partition coefficient (Wildman–Crippen LogP) is 1.82. The lowest BCUT2D eigenvalue weighted by atomic mass is 9.94. The number of nitrogens with zero attached hydrogens (tertiary/aromatic N) is 2. The summed E-state index contributed by atoms with van der Waals surface area (Å²) in [5.41, 5.74) is 2.98. The second-order valence-electron chi connectivity index (χ2n) is 4.69. The van der Waals surface area contributed by atoms with E-state index in [-0.39, 0.29) is 5.75 Å². The van der Waals surface area contributed by atoms with E-state index in [0.29, 0.717) is 11.6 Å². The number of piperidine rings is 1. The van der Waals surface area contributed by atoms with Gasteiger partial charge in [-0.1, -0.05) is 0 Å². The molecule has 4 heteroatoms. The Labute approximate surface area is 100 Å². The molecule has 0 atom stereocenters. The fraction of sp³-hybridized carbons (Fsp3) is 0.462. The summed E-state index contributed by atoms with van der Waals surface area (Å²) in [6.45, 7) is 4.20. The summed E-state index contributed by atoms with van der Waals surface area (Å²) < 4.78 is 1.98. The van der Waals surface area contributed by atoms with Crippen molar-refractivity contribution in [1.29, 1.82) is 0 Å². The summed E-state index contributed by atoms with van der Waals surface area (Å²) in [7, 11) is 0. The van der Waals surface area contributed by atoms with Crippen LogP contribution in [0.4, 0.5) is 0 Å². The lowest BCUT2D eigenvalue weighted by Gasteiger charge is -2.21. The van der Waals surface area contributed by atoms with Crippen molar-refractivity contribution < 1.29 is 5.11 Å². The Bertz CT molecular complexity index is 541. The number of fused-ring (bicyclic) bond motifs is 1. The van der Waals surface area contributed by atoms with Crippen LogP contribution in [0.2, 0.25) is 0 Å². The molecule has 1 aliphatic rings. The molecule has 2 N–H and O–H groups in total. The number of rotatable bonds is 1. The maximum absolute atomic E-state index is 9.81. The lowest BCUT2D eigenvalue weighted by molar-refractivity contribution is 0.452. The number of aromatic nitrogens is 2. The second-order valence-corrected chi connectivity index (χ2v) is 4.69. The molecule has 1 aliphatic heterocycles. The highest BCUT2D eigenvalue weighted by molar-refractivity contribution is 5.55. The lowest BCUT2D eigenvalue weighted by Crippen LogP contribution is -2.27. The van der Waals surface area contributed by atoms with Gasteiger partial charge >= 0.3 is 0 Å². The van der Waals surface area contributed by atoms with E-state index < -0.39 is 0 Å². The number of pyridine rings is 1. The normalized spacial score (nSPS) is 17.7. The molecule has 0 bridgehead atoms. The highest BCUT2D eigenvalue weighted by Gasteiger charge is 2.21. The van der Waals surface area contributed by atoms with Crippen molar-refractivity contribution in [2.24, 2.45) is 0 Å². The van der Waals surface area contributed by atoms with E-state index in [2.05, 4.69) is 17.2 Å². The van der Waals surface area contributed by atoms with Gasteiger partial charge in [-0.05, 0) is 45.0 Å². The van der Waals surface area contributed by atoms with Crippen LogP contribution in [0, 0.1) is 6.92 Å². The van der Waals surface area contributed by atoms with Crippen LogP contribution in [0.5, 0.6) is 5.75 Å². The minimum atomic E-state index is 0.260. The monoisotopic (exact) mass is 231 g/mol. The smallest absolute Gasteiger partial charge is 0.179 e.